The van der Waals surface area contributed by atoms with Gasteiger partial charge in [0.1, 0.15) is 0 Å². The number of hydrogen-bond acceptors (Lipinski definition) is 2. The molecule has 0 aromatic heterocycles. The first kappa shape index (κ1) is 13.1. The molecular weight excluding hydrogens is 224 g/mol. The van der Waals surface area contributed by atoms with Gasteiger partial charge in [-0.1, -0.05) is 49.1 Å². The summed E-state index contributed by atoms with van der Waals surface area (Å²) >= 11 is 0. The highest BCUT2D eigenvalue weighted by molar-refractivity contribution is 5.31. The standard InChI is InChI=1S/C16H20O2/c1-2-3-6-9-17-11-14-7-4-5-8-15-12-18-13-16(15)10-14/h2-3,5-8,10,15H,1,4,9,11-13H2/b6-3+,8-5-,14-7+,16-10-/t15-/m1/s1. The van der Waals surface area contributed by atoms with Crippen molar-refractivity contribution in [1.82, 2.24) is 0 Å². The van der Waals surface area contributed by atoms with E-state index in [1.807, 2.05) is 12.2 Å². The van der Waals surface area contributed by atoms with Gasteiger partial charge in [-0.2, -0.15) is 0 Å². The smallest absolute Gasteiger partial charge is 0.0718 e. The molecule has 0 aromatic carbocycles. The van der Waals surface area contributed by atoms with E-state index in [2.05, 4.69) is 30.9 Å². The molecule has 1 fully saturated rings. The van der Waals surface area contributed by atoms with Crippen LogP contribution in [0.5, 0.6) is 0 Å². The molecule has 0 bridgehead atoms. The highest BCUT2D eigenvalue weighted by atomic mass is 16.5. The summed E-state index contributed by atoms with van der Waals surface area (Å²) in [4.78, 5) is 0. The highest BCUT2D eigenvalue weighted by Gasteiger charge is 2.19. The third-order valence-electron chi connectivity index (χ3n) is 3.05. The molecule has 1 aliphatic carbocycles. The molecule has 0 spiro atoms. The topological polar surface area (TPSA) is 18.5 Å². The summed E-state index contributed by atoms with van der Waals surface area (Å²) in [5.41, 5.74) is 2.61. The average Bonchev–Trinajstić information content (AvgIpc) is 2.77. The summed E-state index contributed by atoms with van der Waals surface area (Å²) < 4.78 is 11.1. The van der Waals surface area contributed by atoms with Gasteiger partial charge in [-0.15, -0.1) is 0 Å². The number of fused-ring (bicyclic) bond motifs is 1. The summed E-state index contributed by atoms with van der Waals surface area (Å²) in [5, 5.41) is 0. The van der Waals surface area contributed by atoms with Gasteiger partial charge in [0, 0.05) is 5.92 Å². The van der Waals surface area contributed by atoms with Crippen LogP contribution in [0.1, 0.15) is 6.42 Å². The maximum Gasteiger partial charge on any atom is 0.0718 e. The molecule has 0 N–H and O–H groups in total. The molecule has 2 rings (SSSR count). The Morgan fingerprint density at radius 1 is 1.50 bits per heavy atom. The maximum atomic E-state index is 5.61. The Morgan fingerprint density at radius 3 is 3.33 bits per heavy atom. The van der Waals surface area contributed by atoms with Gasteiger partial charge in [0.2, 0.25) is 0 Å². The van der Waals surface area contributed by atoms with Gasteiger partial charge in [0.15, 0.2) is 0 Å². The van der Waals surface area contributed by atoms with E-state index in [4.69, 9.17) is 9.47 Å². The highest BCUT2D eigenvalue weighted by Crippen LogP contribution is 2.24. The van der Waals surface area contributed by atoms with Crippen LogP contribution < -0.4 is 0 Å². The van der Waals surface area contributed by atoms with Gasteiger partial charge >= 0.3 is 0 Å². The molecule has 0 aromatic rings. The first-order valence-electron chi connectivity index (χ1n) is 6.39. The molecule has 0 amide bonds. The third-order valence-corrected chi connectivity index (χ3v) is 3.05. The fourth-order valence-electron chi connectivity index (χ4n) is 2.10. The minimum atomic E-state index is 0.467. The zero-order valence-electron chi connectivity index (χ0n) is 10.7. The Hall–Kier alpha value is -1.38. The first-order chi connectivity index (χ1) is 8.90. The Kier molecular flexibility index (Phi) is 5.18. The van der Waals surface area contributed by atoms with Crippen molar-refractivity contribution in [3.63, 3.8) is 0 Å². The summed E-state index contributed by atoms with van der Waals surface area (Å²) in [6.07, 6.45) is 15.5. The van der Waals surface area contributed by atoms with Crippen molar-refractivity contribution in [3.8, 4) is 0 Å². The molecule has 96 valence electrons. The van der Waals surface area contributed by atoms with Crippen molar-refractivity contribution in [2.75, 3.05) is 26.4 Å². The number of ether oxygens (including phenoxy) is 2. The second-order valence-electron chi connectivity index (χ2n) is 4.46. The first-order valence-corrected chi connectivity index (χ1v) is 6.39. The van der Waals surface area contributed by atoms with Gasteiger partial charge in [0.25, 0.3) is 0 Å². The van der Waals surface area contributed by atoms with E-state index in [0.29, 0.717) is 19.1 Å². The molecule has 1 aliphatic heterocycles. The van der Waals surface area contributed by atoms with Gasteiger partial charge < -0.3 is 9.47 Å². The van der Waals surface area contributed by atoms with E-state index in [1.165, 1.54) is 11.1 Å². The predicted molar refractivity (Wildman–Crippen MR) is 74.4 cm³/mol. The van der Waals surface area contributed by atoms with Crippen LogP contribution in [0.2, 0.25) is 0 Å². The van der Waals surface area contributed by atoms with Crippen LogP contribution >= 0.6 is 0 Å². The molecule has 18 heavy (non-hydrogen) atoms. The minimum Gasteiger partial charge on any atom is -0.376 e. The summed E-state index contributed by atoms with van der Waals surface area (Å²) in [6, 6.07) is 0. The van der Waals surface area contributed by atoms with Crippen molar-refractivity contribution in [2.45, 2.75) is 6.42 Å². The van der Waals surface area contributed by atoms with Crippen molar-refractivity contribution in [3.05, 3.63) is 60.3 Å². The van der Waals surface area contributed by atoms with Gasteiger partial charge in [-0.3, -0.25) is 0 Å². The normalized spacial score (nSPS) is 30.8. The minimum absolute atomic E-state index is 0.467. The lowest BCUT2D eigenvalue weighted by atomic mass is 9.97. The van der Waals surface area contributed by atoms with Crippen LogP contribution in [-0.2, 0) is 9.47 Å². The molecular formula is C16H20O2. The second-order valence-corrected chi connectivity index (χ2v) is 4.46. The van der Waals surface area contributed by atoms with E-state index in [0.717, 1.165) is 19.6 Å². The molecule has 0 saturated carbocycles. The quantitative estimate of drug-likeness (QED) is 0.420. The molecule has 0 radical (unpaired) electrons. The summed E-state index contributed by atoms with van der Waals surface area (Å²) in [6.45, 7) is 6.48. The van der Waals surface area contributed by atoms with Crippen LogP contribution in [0, 0.1) is 5.92 Å². The van der Waals surface area contributed by atoms with Gasteiger partial charge in [-0.05, 0) is 17.6 Å². The lowest BCUT2D eigenvalue weighted by Crippen LogP contribution is -2.03. The van der Waals surface area contributed by atoms with Crippen molar-refractivity contribution >= 4 is 0 Å². The number of rotatable bonds is 5. The third kappa shape index (κ3) is 3.83. The van der Waals surface area contributed by atoms with Gasteiger partial charge in [-0.25, -0.2) is 0 Å². The molecule has 2 aliphatic rings. The Bertz CT molecular complexity index is 399. The van der Waals surface area contributed by atoms with Crippen LogP contribution in [-0.4, -0.2) is 26.4 Å². The van der Waals surface area contributed by atoms with Crippen molar-refractivity contribution in [2.24, 2.45) is 5.92 Å². The molecule has 2 heteroatoms. The SMILES string of the molecule is C=C/C=C/COCC1=C/C/C=C\[C@@H]2COC\C2=C\1. The van der Waals surface area contributed by atoms with Crippen LogP contribution in [0.3, 0.4) is 0 Å². The van der Waals surface area contributed by atoms with Crippen LogP contribution in [0.4, 0.5) is 0 Å². The average molecular weight is 244 g/mol. The fraction of sp³-hybridized carbons (Fsp3) is 0.375. The number of allylic oxidation sites excluding steroid dienone is 4. The van der Waals surface area contributed by atoms with Crippen molar-refractivity contribution in [1.29, 1.82) is 0 Å². The van der Waals surface area contributed by atoms with E-state index < -0.39 is 0 Å². The van der Waals surface area contributed by atoms with Crippen LogP contribution in [0.25, 0.3) is 0 Å². The zero-order chi connectivity index (χ0) is 12.6. The Balaban J connectivity index is 1.90. The Labute approximate surface area is 109 Å². The van der Waals surface area contributed by atoms with Gasteiger partial charge in [0.05, 0.1) is 26.4 Å². The maximum absolute atomic E-state index is 5.61. The largest absolute Gasteiger partial charge is 0.376 e. The summed E-state index contributed by atoms with van der Waals surface area (Å²) in [7, 11) is 0. The monoisotopic (exact) mass is 244 g/mol. The summed E-state index contributed by atoms with van der Waals surface area (Å²) in [5.74, 6) is 0.467. The molecule has 0 unspecified atom stereocenters. The molecule has 2 nitrogen and oxygen atoms in total. The Morgan fingerprint density at radius 2 is 2.44 bits per heavy atom. The fourth-order valence-corrected chi connectivity index (χ4v) is 2.10. The number of hydrogen-bond donors (Lipinski definition) is 0. The van der Waals surface area contributed by atoms with E-state index in [-0.39, 0.29) is 0 Å². The lowest BCUT2D eigenvalue weighted by Gasteiger charge is -2.10. The van der Waals surface area contributed by atoms with Crippen molar-refractivity contribution < 1.29 is 9.47 Å². The predicted octanol–water partition coefficient (Wildman–Crippen LogP) is 3.20. The molecule has 1 atom stereocenters. The molecule has 1 heterocycles. The van der Waals surface area contributed by atoms with E-state index in [1.54, 1.807) is 6.08 Å². The van der Waals surface area contributed by atoms with Crippen LogP contribution in [0.15, 0.2) is 60.3 Å². The molecule has 1 saturated heterocycles. The van der Waals surface area contributed by atoms with E-state index >= 15 is 0 Å². The zero-order valence-corrected chi connectivity index (χ0v) is 10.7. The van der Waals surface area contributed by atoms with E-state index in [9.17, 15) is 0 Å². The second kappa shape index (κ2) is 7.14. The lowest BCUT2D eigenvalue weighted by molar-refractivity contribution is 0.188.